The number of rotatable bonds is 4. The summed E-state index contributed by atoms with van der Waals surface area (Å²) in [5.41, 5.74) is 6.88. The molecule has 0 aliphatic heterocycles. The SMILES string of the molecule is CNC(Cc1ccccc1C)c1ccc(C)cc1C. The van der Waals surface area contributed by atoms with Gasteiger partial charge in [0.15, 0.2) is 0 Å². The fourth-order valence-electron chi connectivity index (χ4n) is 2.64. The first kappa shape index (κ1) is 13.8. The molecule has 1 unspecified atom stereocenters. The molecule has 0 fully saturated rings. The Morgan fingerprint density at radius 1 is 0.947 bits per heavy atom. The number of nitrogens with one attached hydrogen (secondary N) is 1. The molecule has 0 saturated carbocycles. The molecule has 2 aromatic rings. The molecule has 2 aromatic carbocycles. The Morgan fingerprint density at radius 2 is 1.68 bits per heavy atom. The molecule has 19 heavy (non-hydrogen) atoms. The Hall–Kier alpha value is -1.60. The maximum atomic E-state index is 3.45. The minimum atomic E-state index is 0.377. The monoisotopic (exact) mass is 253 g/mol. The quantitative estimate of drug-likeness (QED) is 0.864. The van der Waals surface area contributed by atoms with Gasteiger partial charge in [-0.25, -0.2) is 0 Å². The molecule has 0 heterocycles. The van der Waals surface area contributed by atoms with Gasteiger partial charge >= 0.3 is 0 Å². The van der Waals surface area contributed by atoms with E-state index in [4.69, 9.17) is 0 Å². The molecule has 0 amide bonds. The van der Waals surface area contributed by atoms with Crippen molar-refractivity contribution in [1.82, 2.24) is 5.32 Å². The summed E-state index contributed by atoms with van der Waals surface area (Å²) in [5.74, 6) is 0. The van der Waals surface area contributed by atoms with Crippen molar-refractivity contribution in [2.45, 2.75) is 33.2 Å². The van der Waals surface area contributed by atoms with Gasteiger partial charge in [-0.3, -0.25) is 0 Å². The maximum absolute atomic E-state index is 3.45. The Balaban J connectivity index is 2.28. The molecule has 1 heteroatoms. The summed E-state index contributed by atoms with van der Waals surface area (Å²) < 4.78 is 0. The standard InChI is InChI=1S/C18H23N/c1-13-9-10-17(15(3)11-13)18(19-4)12-16-8-6-5-7-14(16)2/h5-11,18-19H,12H2,1-4H3. The van der Waals surface area contributed by atoms with E-state index < -0.39 is 0 Å². The fourth-order valence-corrected chi connectivity index (χ4v) is 2.64. The lowest BCUT2D eigenvalue weighted by Crippen LogP contribution is -2.20. The zero-order valence-corrected chi connectivity index (χ0v) is 12.3. The molecule has 100 valence electrons. The lowest BCUT2D eigenvalue weighted by Gasteiger charge is -2.20. The second-order valence-corrected chi connectivity index (χ2v) is 5.33. The van der Waals surface area contributed by atoms with Gasteiger partial charge < -0.3 is 5.32 Å². The van der Waals surface area contributed by atoms with Crippen molar-refractivity contribution in [3.63, 3.8) is 0 Å². The van der Waals surface area contributed by atoms with Crippen LogP contribution >= 0.6 is 0 Å². The average Bonchev–Trinajstić information content (AvgIpc) is 2.39. The van der Waals surface area contributed by atoms with Crippen LogP contribution in [0.1, 0.15) is 33.9 Å². The van der Waals surface area contributed by atoms with Crippen molar-refractivity contribution in [3.8, 4) is 0 Å². The molecule has 0 aromatic heterocycles. The molecule has 2 rings (SSSR count). The lowest BCUT2D eigenvalue weighted by atomic mass is 9.93. The summed E-state index contributed by atoms with van der Waals surface area (Å²) in [4.78, 5) is 0. The molecule has 1 N–H and O–H groups in total. The topological polar surface area (TPSA) is 12.0 Å². The summed E-state index contributed by atoms with van der Waals surface area (Å²) >= 11 is 0. The van der Waals surface area contributed by atoms with Crippen LogP contribution in [0.25, 0.3) is 0 Å². The maximum Gasteiger partial charge on any atom is 0.0361 e. The number of aryl methyl sites for hydroxylation is 3. The highest BCUT2D eigenvalue weighted by Crippen LogP contribution is 2.23. The van der Waals surface area contributed by atoms with Gasteiger partial charge in [-0.15, -0.1) is 0 Å². The molecular weight excluding hydrogens is 230 g/mol. The van der Waals surface area contributed by atoms with E-state index in [0.717, 1.165) is 6.42 Å². The third-order valence-electron chi connectivity index (χ3n) is 3.83. The first-order valence-corrected chi connectivity index (χ1v) is 6.90. The van der Waals surface area contributed by atoms with Gasteiger partial charge in [0, 0.05) is 6.04 Å². The van der Waals surface area contributed by atoms with E-state index in [1.807, 2.05) is 7.05 Å². The summed E-state index contributed by atoms with van der Waals surface area (Å²) in [5, 5.41) is 3.45. The van der Waals surface area contributed by atoms with E-state index in [1.165, 1.54) is 27.8 Å². The van der Waals surface area contributed by atoms with E-state index in [-0.39, 0.29) is 0 Å². The van der Waals surface area contributed by atoms with E-state index in [9.17, 15) is 0 Å². The molecule has 0 aliphatic rings. The van der Waals surface area contributed by atoms with Crippen molar-refractivity contribution in [2.24, 2.45) is 0 Å². The highest BCUT2D eigenvalue weighted by Gasteiger charge is 2.13. The number of hydrogen-bond donors (Lipinski definition) is 1. The van der Waals surface area contributed by atoms with Crippen molar-refractivity contribution in [2.75, 3.05) is 7.05 Å². The summed E-state index contributed by atoms with van der Waals surface area (Å²) in [7, 11) is 2.04. The van der Waals surface area contributed by atoms with E-state index in [0.29, 0.717) is 6.04 Å². The summed E-state index contributed by atoms with van der Waals surface area (Å²) in [6.45, 7) is 6.53. The zero-order chi connectivity index (χ0) is 13.8. The average molecular weight is 253 g/mol. The van der Waals surface area contributed by atoms with Crippen LogP contribution in [0, 0.1) is 20.8 Å². The fraction of sp³-hybridized carbons (Fsp3) is 0.333. The second kappa shape index (κ2) is 6.03. The third-order valence-corrected chi connectivity index (χ3v) is 3.83. The van der Waals surface area contributed by atoms with Crippen molar-refractivity contribution >= 4 is 0 Å². The van der Waals surface area contributed by atoms with Crippen molar-refractivity contribution in [3.05, 3.63) is 70.3 Å². The molecule has 0 radical (unpaired) electrons. The molecule has 0 saturated heterocycles. The molecule has 1 nitrogen and oxygen atoms in total. The molecule has 0 spiro atoms. The Kier molecular flexibility index (Phi) is 4.39. The van der Waals surface area contributed by atoms with Crippen LogP contribution in [-0.2, 0) is 6.42 Å². The Bertz CT molecular complexity index is 557. The first-order valence-electron chi connectivity index (χ1n) is 6.90. The predicted octanol–water partition coefficient (Wildman–Crippen LogP) is 4.12. The third kappa shape index (κ3) is 3.24. The van der Waals surface area contributed by atoms with E-state index >= 15 is 0 Å². The van der Waals surface area contributed by atoms with Crippen molar-refractivity contribution in [1.29, 1.82) is 0 Å². The largest absolute Gasteiger partial charge is 0.313 e. The molecule has 0 bridgehead atoms. The van der Waals surface area contributed by atoms with Gasteiger partial charge in [0.2, 0.25) is 0 Å². The number of benzene rings is 2. The van der Waals surface area contributed by atoms with Crippen LogP contribution in [0.5, 0.6) is 0 Å². The van der Waals surface area contributed by atoms with Gasteiger partial charge in [-0.2, -0.15) is 0 Å². The van der Waals surface area contributed by atoms with Gasteiger partial charge in [0.25, 0.3) is 0 Å². The Labute approximate surface area is 116 Å². The smallest absolute Gasteiger partial charge is 0.0361 e. The van der Waals surface area contributed by atoms with E-state index in [2.05, 4.69) is 68.6 Å². The minimum absolute atomic E-state index is 0.377. The molecular formula is C18H23N. The highest BCUT2D eigenvalue weighted by molar-refractivity contribution is 5.35. The van der Waals surface area contributed by atoms with Crippen LogP contribution < -0.4 is 5.32 Å². The highest BCUT2D eigenvalue weighted by atomic mass is 14.9. The van der Waals surface area contributed by atoms with Gasteiger partial charge in [0.1, 0.15) is 0 Å². The van der Waals surface area contributed by atoms with E-state index in [1.54, 1.807) is 0 Å². The van der Waals surface area contributed by atoms with Crippen LogP contribution in [-0.4, -0.2) is 7.05 Å². The summed E-state index contributed by atoms with van der Waals surface area (Å²) in [6, 6.07) is 15.7. The zero-order valence-electron chi connectivity index (χ0n) is 12.3. The summed E-state index contributed by atoms with van der Waals surface area (Å²) in [6.07, 6.45) is 1.03. The lowest BCUT2D eigenvalue weighted by molar-refractivity contribution is 0.587. The van der Waals surface area contributed by atoms with Gasteiger partial charge in [0.05, 0.1) is 0 Å². The molecule has 1 atom stereocenters. The van der Waals surface area contributed by atoms with Gasteiger partial charge in [-0.1, -0.05) is 48.0 Å². The first-order chi connectivity index (χ1) is 9.11. The van der Waals surface area contributed by atoms with Crippen LogP contribution in [0.4, 0.5) is 0 Å². The number of likely N-dealkylation sites (N-methyl/N-ethyl adjacent to an activating group) is 1. The molecule has 0 aliphatic carbocycles. The van der Waals surface area contributed by atoms with Gasteiger partial charge in [-0.05, 0) is 56.5 Å². The second-order valence-electron chi connectivity index (χ2n) is 5.33. The van der Waals surface area contributed by atoms with Crippen LogP contribution in [0.2, 0.25) is 0 Å². The Morgan fingerprint density at radius 3 is 2.32 bits per heavy atom. The van der Waals surface area contributed by atoms with Crippen LogP contribution in [0.3, 0.4) is 0 Å². The van der Waals surface area contributed by atoms with Crippen molar-refractivity contribution < 1.29 is 0 Å². The normalized spacial score (nSPS) is 12.4. The predicted molar refractivity (Wildman–Crippen MR) is 82.6 cm³/mol. The number of hydrogen-bond acceptors (Lipinski definition) is 1. The minimum Gasteiger partial charge on any atom is -0.313 e. The van der Waals surface area contributed by atoms with Crippen LogP contribution in [0.15, 0.2) is 42.5 Å².